The van der Waals surface area contributed by atoms with Crippen molar-refractivity contribution < 1.29 is 4.79 Å². The highest BCUT2D eigenvalue weighted by atomic mass is 16.2. The zero-order valence-corrected chi connectivity index (χ0v) is 13.1. The molecule has 0 N–H and O–H groups in total. The van der Waals surface area contributed by atoms with E-state index >= 15 is 0 Å². The Morgan fingerprint density at radius 2 is 1.91 bits per heavy atom. The lowest BCUT2D eigenvalue weighted by molar-refractivity contribution is 0.0725. The summed E-state index contributed by atoms with van der Waals surface area (Å²) in [6.07, 6.45) is 5.49. The number of aromatic nitrogens is 2. The Bertz CT molecular complexity index is 708. The number of carbonyl (C=O) groups is 1. The van der Waals surface area contributed by atoms with Gasteiger partial charge in [0.25, 0.3) is 5.91 Å². The van der Waals surface area contributed by atoms with Crippen LogP contribution in [0.5, 0.6) is 0 Å². The number of carbonyl (C=O) groups excluding carboxylic acids is 1. The highest BCUT2D eigenvalue weighted by molar-refractivity contribution is 5.99. The number of nitrogens with zero attached hydrogens (tertiary/aromatic N) is 4. The largest absolute Gasteiger partial charge is 0.339 e. The molecule has 0 bridgehead atoms. The number of likely N-dealkylation sites (tertiary alicyclic amines) is 1. The monoisotopic (exact) mass is 308 g/mol. The van der Waals surface area contributed by atoms with Crippen molar-refractivity contribution in [2.75, 3.05) is 13.1 Å². The summed E-state index contributed by atoms with van der Waals surface area (Å²) in [6, 6.07) is 11.9. The maximum absolute atomic E-state index is 12.9. The van der Waals surface area contributed by atoms with E-state index in [2.05, 4.69) is 11.2 Å². The second kappa shape index (κ2) is 7.10. The molecule has 23 heavy (non-hydrogen) atoms. The Balaban J connectivity index is 1.94. The summed E-state index contributed by atoms with van der Waals surface area (Å²) in [5, 5.41) is 13.3. The molecule has 1 saturated heterocycles. The molecular formula is C18H20N4O. The molecule has 0 aliphatic carbocycles. The number of piperidine rings is 1. The van der Waals surface area contributed by atoms with Crippen LogP contribution in [-0.4, -0.2) is 33.7 Å². The molecule has 0 spiro atoms. The van der Waals surface area contributed by atoms with Crippen molar-refractivity contribution >= 4 is 5.91 Å². The van der Waals surface area contributed by atoms with Crippen LogP contribution >= 0.6 is 0 Å². The Morgan fingerprint density at radius 1 is 1.17 bits per heavy atom. The van der Waals surface area contributed by atoms with Gasteiger partial charge in [-0.2, -0.15) is 10.4 Å². The van der Waals surface area contributed by atoms with E-state index in [1.807, 2.05) is 35.2 Å². The van der Waals surface area contributed by atoms with Gasteiger partial charge in [-0.15, -0.1) is 0 Å². The SMILES string of the molecule is N#CCCn1cc(C(=O)N2CCCCC2)c(-c2ccccc2)n1. The molecule has 5 heteroatoms. The van der Waals surface area contributed by atoms with Gasteiger partial charge in [0.2, 0.25) is 0 Å². The minimum atomic E-state index is 0.0479. The van der Waals surface area contributed by atoms with Gasteiger partial charge < -0.3 is 4.90 Å². The summed E-state index contributed by atoms with van der Waals surface area (Å²) < 4.78 is 1.71. The molecule has 2 heterocycles. The average molecular weight is 308 g/mol. The lowest BCUT2D eigenvalue weighted by atomic mass is 10.1. The lowest BCUT2D eigenvalue weighted by Gasteiger charge is -2.26. The van der Waals surface area contributed by atoms with Crippen molar-refractivity contribution in [3.05, 3.63) is 42.1 Å². The van der Waals surface area contributed by atoms with Gasteiger partial charge in [-0.3, -0.25) is 9.48 Å². The molecular weight excluding hydrogens is 288 g/mol. The molecule has 118 valence electrons. The lowest BCUT2D eigenvalue weighted by Crippen LogP contribution is -2.35. The van der Waals surface area contributed by atoms with Gasteiger partial charge in [-0.25, -0.2) is 0 Å². The van der Waals surface area contributed by atoms with Crippen LogP contribution in [0.4, 0.5) is 0 Å². The molecule has 1 aromatic heterocycles. The van der Waals surface area contributed by atoms with Crippen LogP contribution < -0.4 is 0 Å². The summed E-state index contributed by atoms with van der Waals surface area (Å²) in [6.45, 7) is 2.14. The highest BCUT2D eigenvalue weighted by Crippen LogP contribution is 2.24. The first-order valence-corrected chi connectivity index (χ1v) is 8.08. The first-order valence-electron chi connectivity index (χ1n) is 8.08. The standard InChI is InChI=1S/C18H20N4O/c19-10-7-13-22-14-16(18(23)21-11-5-2-6-12-21)17(20-22)15-8-3-1-4-9-15/h1,3-4,8-9,14H,2,5-7,11-13H2. The second-order valence-corrected chi connectivity index (χ2v) is 5.78. The van der Waals surface area contributed by atoms with Crippen LogP contribution in [0, 0.1) is 11.3 Å². The van der Waals surface area contributed by atoms with E-state index in [1.54, 1.807) is 10.9 Å². The Hall–Kier alpha value is -2.61. The zero-order valence-electron chi connectivity index (χ0n) is 13.1. The Morgan fingerprint density at radius 3 is 2.61 bits per heavy atom. The van der Waals surface area contributed by atoms with Crippen LogP contribution in [-0.2, 0) is 6.54 Å². The number of amides is 1. The molecule has 2 aromatic rings. The molecule has 1 aliphatic rings. The van der Waals surface area contributed by atoms with Crippen LogP contribution in [0.15, 0.2) is 36.5 Å². The van der Waals surface area contributed by atoms with Gasteiger partial charge >= 0.3 is 0 Å². The molecule has 0 saturated carbocycles. The maximum Gasteiger partial charge on any atom is 0.257 e. The van der Waals surface area contributed by atoms with Gasteiger partial charge in [-0.05, 0) is 19.3 Å². The predicted octanol–water partition coefficient (Wildman–Crippen LogP) is 3.09. The van der Waals surface area contributed by atoms with E-state index in [0.717, 1.165) is 31.5 Å². The molecule has 5 nitrogen and oxygen atoms in total. The van der Waals surface area contributed by atoms with Crippen molar-refractivity contribution in [2.45, 2.75) is 32.2 Å². The van der Waals surface area contributed by atoms with Gasteiger partial charge in [0, 0.05) is 24.8 Å². The first kappa shape index (κ1) is 15.3. The van der Waals surface area contributed by atoms with E-state index in [4.69, 9.17) is 5.26 Å². The van der Waals surface area contributed by atoms with Crippen molar-refractivity contribution in [1.29, 1.82) is 5.26 Å². The number of benzene rings is 1. The summed E-state index contributed by atoms with van der Waals surface area (Å²) in [5.74, 6) is 0.0479. The van der Waals surface area contributed by atoms with E-state index < -0.39 is 0 Å². The van der Waals surface area contributed by atoms with Crippen molar-refractivity contribution in [3.8, 4) is 17.3 Å². The normalized spacial score (nSPS) is 14.5. The predicted molar refractivity (Wildman–Crippen MR) is 87.6 cm³/mol. The van der Waals surface area contributed by atoms with Crippen molar-refractivity contribution in [2.24, 2.45) is 0 Å². The van der Waals surface area contributed by atoms with Gasteiger partial charge in [-0.1, -0.05) is 30.3 Å². The molecule has 1 fully saturated rings. The molecule has 1 aromatic carbocycles. The van der Waals surface area contributed by atoms with E-state index in [-0.39, 0.29) is 5.91 Å². The van der Waals surface area contributed by atoms with Gasteiger partial charge in [0.1, 0.15) is 5.69 Å². The van der Waals surface area contributed by atoms with Gasteiger partial charge in [0.15, 0.2) is 0 Å². The third-order valence-electron chi connectivity index (χ3n) is 4.14. The number of nitriles is 1. The summed E-state index contributed by atoms with van der Waals surface area (Å²) in [5.41, 5.74) is 2.28. The molecule has 1 aliphatic heterocycles. The second-order valence-electron chi connectivity index (χ2n) is 5.78. The number of aryl methyl sites for hydroxylation is 1. The molecule has 0 radical (unpaired) electrons. The summed E-state index contributed by atoms with van der Waals surface area (Å²) in [4.78, 5) is 14.8. The molecule has 0 atom stereocenters. The van der Waals surface area contributed by atoms with Crippen molar-refractivity contribution in [1.82, 2.24) is 14.7 Å². The smallest absolute Gasteiger partial charge is 0.257 e. The van der Waals surface area contributed by atoms with Crippen LogP contribution in [0.1, 0.15) is 36.0 Å². The fourth-order valence-corrected chi connectivity index (χ4v) is 2.93. The minimum Gasteiger partial charge on any atom is -0.339 e. The topological polar surface area (TPSA) is 61.9 Å². The quantitative estimate of drug-likeness (QED) is 0.872. The number of hydrogen-bond donors (Lipinski definition) is 0. The summed E-state index contributed by atoms with van der Waals surface area (Å²) in [7, 11) is 0. The Labute approximate surface area is 136 Å². The highest BCUT2D eigenvalue weighted by Gasteiger charge is 2.24. The Kier molecular flexibility index (Phi) is 4.72. The van der Waals surface area contributed by atoms with E-state index in [1.165, 1.54) is 6.42 Å². The molecule has 3 rings (SSSR count). The zero-order chi connectivity index (χ0) is 16.1. The maximum atomic E-state index is 12.9. The van der Waals surface area contributed by atoms with Crippen LogP contribution in [0.3, 0.4) is 0 Å². The third-order valence-corrected chi connectivity index (χ3v) is 4.14. The van der Waals surface area contributed by atoms with Gasteiger partial charge in [0.05, 0.1) is 24.6 Å². The molecule has 0 unspecified atom stereocenters. The average Bonchev–Trinajstić information content (AvgIpc) is 3.05. The molecule has 1 amide bonds. The fraction of sp³-hybridized carbons (Fsp3) is 0.389. The summed E-state index contributed by atoms with van der Waals surface area (Å²) >= 11 is 0. The third kappa shape index (κ3) is 3.42. The first-order chi connectivity index (χ1) is 11.3. The van der Waals surface area contributed by atoms with Crippen LogP contribution in [0.2, 0.25) is 0 Å². The van der Waals surface area contributed by atoms with Crippen LogP contribution in [0.25, 0.3) is 11.3 Å². The minimum absolute atomic E-state index is 0.0479. The number of hydrogen-bond acceptors (Lipinski definition) is 3. The van der Waals surface area contributed by atoms with E-state index in [0.29, 0.717) is 24.2 Å². The van der Waals surface area contributed by atoms with Crippen molar-refractivity contribution in [3.63, 3.8) is 0 Å². The van der Waals surface area contributed by atoms with E-state index in [9.17, 15) is 4.79 Å². The fourth-order valence-electron chi connectivity index (χ4n) is 2.93. The number of rotatable bonds is 4.